The van der Waals surface area contributed by atoms with Gasteiger partial charge in [0.2, 0.25) is 5.92 Å². The van der Waals surface area contributed by atoms with E-state index in [9.17, 15) is 13.9 Å². The van der Waals surface area contributed by atoms with Crippen LogP contribution in [0.25, 0.3) is 0 Å². The van der Waals surface area contributed by atoms with Crippen molar-refractivity contribution in [2.45, 2.75) is 97.5 Å². The van der Waals surface area contributed by atoms with E-state index in [1.165, 1.54) is 6.42 Å². The molecular formula is C19H34F2O. The van der Waals surface area contributed by atoms with Crippen LogP contribution < -0.4 is 0 Å². The third kappa shape index (κ3) is 4.21. The van der Waals surface area contributed by atoms with Crippen LogP contribution in [0.5, 0.6) is 0 Å². The fourth-order valence-corrected chi connectivity index (χ4v) is 4.34. The molecule has 0 heterocycles. The molecule has 0 aromatic heterocycles. The maximum atomic E-state index is 13.0. The normalized spacial score (nSPS) is 32.5. The molecule has 2 aliphatic carbocycles. The van der Waals surface area contributed by atoms with Crippen LogP contribution in [0, 0.1) is 22.7 Å². The van der Waals surface area contributed by atoms with Gasteiger partial charge in [0, 0.05) is 12.8 Å². The maximum absolute atomic E-state index is 13.0. The fraction of sp³-hybridized carbons (Fsp3) is 1.00. The predicted molar refractivity (Wildman–Crippen MR) is 87.0 cm³/mol. The zero-order chi connectivity index (χ0) is 16.8. The third-order valence-electron chi connectivity index (χ3n) is 6.56. The molecule has 130 valence electrons. The molecule has 2 aliphatic rings. The molecule has 3 heteroatoms. The molecule has 0 unspecified atom stereocenters. The Morgan fingerprint density at radius 2 is 1.23 bits per heavy atom. The van der Waals surface area contributed by atoms with E-state index in [2.05, 4.69) is 27.7 Å². The second-order valence-electron chi connectivity index (χ2n) is 9.75. The van der Waals surface area contributed by atoms with Crippen molar-refractivity contribution in [1.29, 1.82) is 0 Å². The highest BCUT2D eigenvalue weighted by Gasteiger charge is 2.51. The topological polar surface area (TPSA) is 20.2 Å². The minimum absolute atomic E-state index is 0.0476. The van der Waals surface area contributed by atoms with Crippen LogP contribution in [0.3, 0.4) is 0 Å². The number of hydrogen-bond donors (Lipinski definition) is 1. The molecule has 0 radical (unpaired) electrons. The van der Waals surface area contributed by atoms with Crippen molar-refractivity contribution in [1.82, 2.24) is 0 Å². The minimum Gasteiger partial charge on any atom is -0.390 e. The Balaban J connectivity index is 1.66. The largest absolute Gasteiger partial charge is 0.390 e. The van der Waals surface area contributed by atoms with Crippen molar-refractivity contribution in [3.63, 3.8) is 0 Å². The first-order chi connectivity index (χ1) is 9.83. The van der Waals surface area contributed by atoms with E-state index in [0.717, 1.165) is 32.1 Å². The molecule has 1 nitrogen and oxygen atoms in total. The summed E-state index contributed by atoms with van der Waals surface area (Å²) in [5.41, 5.74) is -0.110. The molecule has 0 aromatic carbocycles. The van der Waals surface area contributed by atoms with E-state index in [1.807, 2.05) is 6.92 Å². The quantitative estimate of drug-likeness (QED) is 0.588. The molecule has 0 aromatic rings. The SMILES string of the molecule is CC1(O)CC(C(C)(C)CCCCC(C)(C)C2CC(F)(F)C2)C1. The minimum atomic E-state index is -2.40. The van der Waals surface area contributed by atoms with Gasteiger partial charge in [0.25, 0.3) is 0 Å². The molecule has 2 saturated carbocycles. The van der Waals surface area contributed by atoms with Crippen molar-refractivity contribution >= 4 is 0 Å². The lowest BCUT2D eigenvalue weighted by molar-refractivity contribution is -0.143. The Morgan fingerprint density at radius 3 is 1.55 bits per heavy atom. The molecule has 0 saturated heterocycles. The Kier molecular flexibility index (Phi) is 4.72. The number of rotatable bonds is 7. The zero-order valence-electron chi connectivity index (χ0n) is 15.0. The van der Waals surface area contributed by atoms with Gasteiger partial charge in [-0.15, -0.1) is 0 Å². The van der Waals surface area contributed by atoms with Crippen LogP contribution >= 0.6 is 0 Å². The first-order valence-corrected chi connectivity index (χ1v) is 8.93. The molecule has 0 bridgehead atoms. The lowest BCUT2D eigenvalue weighted by Gasteiger charge is -2.49. The molecule has 0 amide bonds. The van der Waals surface area contributed by atoms with E-state index >= 15 is 0 Å². The number of aliphatic hydroxyl groups is 1. The van der Waals surface area contributed by atoms with Gasteiger partial charge in [0.05, 0.1) is 5.60 Å². The van der Waals surface area contributed by atoms with E-state index in [4.69, 9.17) is 0 Å². The summed E-state index contributed by atoms with van der Waals surface area (Å²) >= 11 is 0. The molecule has 1 N–H and O–H groups in total. The van der Waals surface area contributed by atoms with E-state index in [1.54, 1.807) is 0 Å². The number of hydrogen-bond acceptors (Lipinski definition) is 1. The summed E-state index contributed by atoms with van der Waals surface area (Å²) in [6.45, 7) is 10.9. The maximum Gasteiger partial charge on any atom is 0.248 e. The van der Waals surface area contributed by atoms with Crippen molar-refractivity contribution in [3.8, 4) is 0 Å². The van der Waals surface area contributed by atoms with E-state index < -0.39 is 11.5 Å². The summed E-state index contributed by atoms with van der Waals surface area (Å²) in [5, 5.41) is 9.90. The monoisotopic (exact) mass is 316 g/mol. The van der Waals surface area contributed by atoms with Gasteiger partial charge in [0.15, 0.2) is 0 Å². The fourth-order valence-electron chi connectivity index (χ4n) is 4.34. The Labute approximate surface area is 134 Å². The average molecular weight is 316 g/mol. The first-order valence-electron chi connectivity index (χ1n) is 8.93. The van der Waals surface area contributed by atoms with Gasteiger partial charge in [-0.05, 0) is 55.3 Å². The van der Waals surface area contributed by atoms with E-state index in [-0.39, 0.29) is 29.6 Å². The number of alkyl halides is 2. The Hall–Kier alpha value is -0.180. The van der Waals surface area contributed by atoms with Crippen LogP contribution in [0.2, 0.25) is 0 Å². The Morgan fingerprint density at radius 1 is 0.864 bits per heavy atom. The van der Waals surface area contributed by atoms with Gasteiger partial charge in [-0.1, -0.05) is 40.5 Å². The summed E-state index contributed by atoms with van der Waals surface area (Å²) in [5.74, 6) is -1.58. The molecule has 0 aliphatic heterocycles. The molecule has 0 spiro atoms. The van der Waals surface area contributed by atoms with Gasteiger partial charge in [-0.2, -0.15) is 0 Å². The molecule has 22 heavy (non-hydrogen) atoms. The summed E-state index contributed by atoms with van der Waals surface area (Å²) in [6, 6.07) is 0. The number of halogens is 2. The predicted octanol–water partition coefficient (Wildman–Crippen LogP) is 5.81. The Bertz CT molecular complexity index is 344. The highest BCUT2D eigenvalue weighted by atomic mass is 19.3. The van der Waals surface area contributed by atoms with Crippen LogP contribution in [0.4, 0.5) is 8.78 Å². The van der Waals surface area contributed by atoms with Crippen molar-refractivity contribution < 1.29 is 13.9 Å². The van der Waals surface area contributed by atoms with Gasteiger partial charge < -0.3 is 5.11 Å². The second-order valence-corrected chi connectivity index (χ2v) is 9.75. The van der Waals surface area contributed by atoms with Crippen LogP contribution in [0.1, 0.15) is 86.0 Å². The molecular weight excluding hydrogens is 282 g/mol. The van der Waals surface area contributed by atoms with Crippen molar-refractivity contribution in [3.05, 3.63) is 0 Å². The summed E-state index contributed by atoms with van der Waals surface area (Å²) < 4.78 is 26.1. The summed E-state index contributed by atoms with van der Waals surface area (Å²) in [4.78, 5) is 0. The molecule has 2 fully saturated rings. The van der Waals surface area contributed by atoms with Crippen LogP contribution in [-0.2, 0) is 0 Å². The van der Waals surface area contributed by atoms with E-state index in [0.29, 0.717) is 5.92 Å². The van der Waals surface area contributed by atoms with Gasteiger partial charge in [0.1, 0.15) is 0 Å². The highest BCUT2D eigenvalue weighted by molar-refractivity contribution is 4.97. The molecule has 2 rings (SSSR count). The lowest BCUT2D eigenvalue weighted by Crippen LogP contribution is -2.47. The van der Waals surface area contributed by atoms with Crippen LogP contribution in [0.15, 0.2) is 0 Å². The van der Waals surface area contributed by atoms with Gasteiger partial charge >= 0.3 is 0 Å². The van der Waals surface area contributed by atoms with Crippen molar-refractivity contribution in [2.75, 3.05) is 0 Å². The van der Waals surface area contributed by atoms with Gasteiger partial charge in [-0.25, -0.2) is 8.78 Å². The summed E-state index contributed by atoms with van der Waals surface area (Å²) in [7, 11) is 0. The summed E-state index contributed by atoms with van der Waals surface area (Å²) in [6.07, 6.45) is 6.52. The first kappa shape index (κ1) is 18.2. The lowest BCUT2D eigenvalue weighted by atomic mass is 9.59. The van der Waals surface area contributed by atoms with Gasteiger partial charge in [-0.3, -0.25) is 0 Å². The van der Waals surface area contributed by atoms with Crippen molar-refractivity contribution in [2.24, 2.45) is 22.7 Å². The third-order valence-corrected chi connectivity index (χ3v) is 6.56. The van der Waals surface area contributed by atoms with Crippen LogP contribution in [-0.4, -0.2) is 16.6 Å². The zero-order valence-corrected chi connectivity index (χ0v) is 15.0. The number of unbranched alkanes of at least 4 members (excludes halogenated alkanes) is 1. The average Bonchev–Trinajstić information content (AvgIpc) is 2.28. The molecule has 0 atom stereocenters. The highest BCUT2D eigenvalue weighted by Crippen LogP contribution is 2.53. The smallest absolute Gasteiger partial charge is 0.248 e. The second kappa shape index (κ2) is 5.72. The standard InChI is InChI=1S/C19H34F2O/c1-16(2,14-10-18(5,22)11-14)8-6-7-9-17(3,4)15-12-19(20,21)13-15/h14-15,22H,6-13H2,1-5H3.